The van der Waals surface area contributed by atoms with Crippen molar-refractivity contribution in [2.45, 2.75) is 33.4 Å². The summed E-state index contributed by atoms with van der Waals surface area (Å²) in [6.07, 6.45) is 0. The van der Waals surface area contributed by atoms with Gasteiger partial charge in [-0.15, -0.1) is 11.3 Å². The summed E-state index contributed by atoms with van der Waals surface area (Å²) in [5, 5.41) is 8.00. The molecule has 0 spiro atoms. The van der Waals surface area contributed by atoms with Gasteiger partial charge in [0, 0.05) is 35.8 Å². The maximum Gasteiger partial charge on any atom is 0.0701 e. The Morgan fingerprint density at radius 1 is 1.44 bits per heavy atom. The first-order valence-electron chi connectivity index (χ1n) is 5.96. The Kier molecular flexibility index (Phi) is 4.25. The summed E-state index contributed by atoms with van der Waals surface area (Å²) < 4.78 is 3.12. The third-order valence-corrected chi connectivity index (χ3v) is 5.07. The van der Waals surface area contributed by atoms with Gasteiger partial charge in [-0.2, -0.15) is 5.10 Å². The van der Waals surface area contributed by atoms with E-state index in [0.717, 1.165) is 12.2 Å². The van der Waals surface area contributed by atoms with Gasteiger partial charge >= 0.3 is 0 Å². The molecule has 18 heavy (non-hydrogen) atoms. The van der Waals surface area contributed by atoms with Crippen LogP contribution < -0.4 is 5.32 Å². The molecule has 2 rings (SSSR count). The van der Waals surface area contributed by atoms with Crippen LogP contribution in [0.3, 0.4) is 0 Å². The average molecular weight is 328 g/mol. The quantitative estimate of drug-likeness (QED) is 0.927. The molecule has 2 aromatic heterocycles. The number of nitrogens with zero attached hydrogens (tertiary/aromatic N) is 2. The highest BCUT2D eigenvalue weighted by Crippen LogP contribution is 2.27. The van der Waals surface area contributed by atoms with E-state index in [4.69, 9.17) is 0 Å². The van der Waals surface area contributed by atoms with Gasteiger partial charge in [-0.25, -0.2) is 0 Å². The molecule has 1 N–H and O–H groups in total. The fourth-order valence-electron chi connectivity index (χ4n) is 1.99. The van der Waals surface area contributed by atoms with Crippen LogP contribution in [0, 0.1) is 13.8 Å². The highest BCUT2D eigenvalue weighted by Gasteiger charge is 2.12. The van der Waals surface area contributed by atoms with E-state index < -0.39 is 0 Å². The molecular formula is C13H18BrN3S. The first kappa shape index (κ1) is 13.8. The first-order chi connectivity index (χ1) is 8.49. The molecule has 0 radical (unpaired) electrons. The summed E-state index contributed by atoms with van der Waals surface area (Å²) in [7, 11) is 1.99. The SMILES string of the molecule is Cc1nn(C)c(C)c1CNC(C)c1ccc(Br)s1. The van der Waals surface area contributed by atoms with Crippen LogP contribution in [0.25, 0.3) is 0 Å². The van der Waals surface area contributed by atoms with Gasteiger partial charge < -0.3 is 5.32 Å². The standard InChI is InChI=1S/C13H18BrN3S/c1-8-11(10(3)17(4)16-8)7-15-9(2)12-5-6-13(14)18-12/h5-6,9,15H,7H2,1-4H3. The maximum absolute atomic E-state index is 4.44. The molecular weight excluding hydrogens is 310 g/mol. The molecule has 0 aliphatic carbocycles. The molecule has 0 aliphatic heterocycles. The van der Waals surface area contributed by atoms with Crippen molar-refractivity contribution in [3.05, 3.63) is 37.7 Å². The lowest BCUT2D eigenvalue weighted by Crippen LogP contribution is -2.18. The molecule has 0 fully saturated rings. The number of thiophene rings is 1. The zero-order chi connectivity index (χ0) is 13.3. The van der Waals surface area contributed by atoms with E-state index in [2.05, 4.69) is 59.2 Å². The highest BCUT2D eigenvalue weighted by molar-refractivity contribution is 9.11. The van der Waals surface area contributed by atoms with Gasteiger partial charge in [-0.3, -0.25) is 4.68 Å². The van der Waals surface area contributed by atoms with Crippen LogP contribution in [0.1, 0.15) is 34.8 Å². The second-order valence-corrected chi connectivity index (χ2v) is 7.01. The van der Waals surface area contributed by atoms with Crippen molar-refractivity contribution in [2.75, 3.05) is 0 Å². The van der Waals surface area contributed by atoms with E-state index in [1.807, 2.05) is 11.7 Å². The molecule has 0 aliphatic rings. The van der Waals surface area contributed by atoms with Gasteiger partial charge in [-0.1, -0.05) is 0 Å². The smallest absolute Gasteiger partial charge is 0.0701 e. The summed E-state index contributed by atoms with van der Waals surface area (Å²) in [4.78, 5) is 1.35. The van der Waals surface area contributed by atoms with E-state index in [1.165, 1.54) is 19.9 Å². The Balaban J connectivity index is 2.03. The van der Waals surface area contributed by atoms with Crippen LogP contribution >= 0.6 is 27.3 Å². The zero-order valence-corrected chi connectivity index (χ0v) is 13.5. The van der Waals surface area contributed by atoms with Gasteiger partial charge in [0.15, 0.2) is 0 Å². The molecule has 98 valence electrons. The van der Waals surface area contributed by atoms with Crippen LogP contribution in [-0.4, -0.2) is 9.78 Å². The van der Waals surface area contributed by atoms with Crippen molar-refractivity contribution in [1.82, 2.24) is 15.1 Å². The van der Waals surface area contributed by atoms with Crippen molar-refractivity contribution in [2.24, 2.45) is 7.05 Å². The van der Waals surface area contributed by atoms with Crippen molar-refractivity contribution < 1.29 is 0 Å². The summed E-state index contributed by atoms with van der Waals surface area (Å²) in [5.41, 5.74) is 3.65. The normalized spacial score (nSPS) is 12.9. The topological polar surface area (TPSA) is 29.9 Å². The number of hydrogen-bond donors (Lipinski definition) is 1. The Morgan fingerprint density at radius 2 is 2.17 bits per heavy atom. The molecule has 1 atom stereocenters. The summed E-state index contributed by atoms with van der Waals surface area (Å²) >= 11 is 5.28. The van der Waals surface area contributed by atoms with E-state index in [1.54, 1.807) is 11.3 Å². The number of hydrogen-bond acceptors (Lipinski definition) is 3. The third kappa shape index (κ3) is 2.84. The highest BCUT2D eigenvalue weighted by atomic mass is 79.9. The second kappa shape index (κ2) is 5.55. The summed E-state index contributed by atoms with van der Waals surface area (Å²) in [6.45, 7) is 7.24. The summed E-state index contributed by atoms with van der Waals surface area (Å²) in [5.74, 6) is 0. The Labute approximate surface area is 120 Å². The molecule has 5 heteroatoms. The van der Waals surface area contributed by atoms with E-state index in [9.17, 15) is 0 Å². The van der Waals surface area contributed by atoms with Gasteiger partial charge in [0.2, 0.25) is 0 Å². The average Bonchev–Trinajstić information content (AvgIpc) is 2.83. The molecule has 0 amide bonds. The number of aromatic nitrogens is 2. The molecule has 0 saturated carbocycles. The minimum absolute atomic E-state index is 0.361. The molecule has 0 saturated heterocycles. The minimum Gasteiger partial charge on any atom is -0.305 e. The first-order valence-corrected chi connectivity index (χ1v) is 7.57. The van der Waals surface area contributed by atoms with E-state index >= 15 is 0 Å². The van der Waals surface area contributed by atoms with Gasteiger partial charge in [-0.05, 0) is 48.8 Å². The zero-order valence-electron chi connectivity index (χ0n) is 11.1. The molecule has 2 aromatic rings. The van der Waals surface area contributed by atoms with E-state index in [-0.39, 0.29) is 0 Å². The molecule has 3 nitrogen and oxygen atoms in total. The fraction of sp³-hybridized carbons (Fsp3) is 0.462. The largest absolute Gasteiger partial charge is 0.305 e. The van der Waals surface area contributed by atoms with Crippen molar-refractivity contribution in [1.29, 1.82) is 0 Å². The summed E-state index contributed by atoms with van der Waals surface area (Å²) in [6, 6.07) is 4.62. The molecule has 2 heterocycles. The number of nitrogens with one attached hydrogen (secondary N) is 1. The lowest BCUT2D eigenvalue weighted by molar-refractivity contribution is 0.579. The molecule has 0 aromatic carbocycles. The Hall–Kier alpha value is -0.650. The molecule has 1 unspecified atom stereocenters. The third-order valence-electron chi connectivity index (χ3n) is 3.26. The number of rotatable bonds is 4. The lowest BCUT2D eigenvalue weighted by atomic mass is 10.2. The van der Waals surface area contributed by atoms with E-state index in [0.29, 0.717) is 6.04 Å². The van der Waals surface area contributed by atoms with Crippen molar-refractivity contribution >= 4 is 27.3 Å². The predicted octanol–water partition coefficient (Wildman–Crippen LogP) is 3.71. The Bertz CT molecular complexity index is 544. The van der Waals surface area contributed by atoms with Crippen molar-refractivity contribution in [3.63, 3.8) is 0 Å². The second-order valence-electron chi connectivity index (χ2n) is 4.52. The van der Waals surface area contributed by atoms with Crippen LogP contribution in [0.2, 0.25) is 0 Å². The van der Waals surface area contributed by atoms with Crippen LogP contribution in [0.4, 0.5) is 0 Å². The minimum atomic E-state index is 0.361. The van der Waals surface area contributed by atoms with Crippen LogP contribution in [0.15, 0.2) is 15.9 Å². The lowest BCUT2D eigenvalue weighted by Gasteiger charge is -2.12. The maximum atomic E-state index is 4.44. The number of halogens is 1. The predicted molar refractivity (Wildman–Crippen MR) is 80.0 cm³/mol. The van der Waals surface area contributed by atoms with Gasteiger partial charge in [0.1, 0.15) is 0 Å². The molecule has 0 bridgehead atoms. The van der Waals surface area contributed by atoms with Gasteiger partial charge in [0.05, 0.1) is 9.48 Å². The number of aryl methyl sites for hydroxylation is 2. The Morgan fingerprint density at radius 3 is 2.67 bits per heavy atom. The van der Waals surface area contributed by atoms with Crippen molar-refractivity contribution in [3.8, 4) is 0 Å². The fourth-order valence-corrected chi connectivity index (χ4v) is 3.44. The monoisotopic (exact) mass is 327 g/mol. The van der Waals surface area contributed by atoms with Crippen LogP contribution in [-0.2, 0) is 13.6 Å². The van der Waals surface area contributed by atoms with Gasteiger partial charge in [0.25, 0.3) is 0 Å². The van der Waals surface area contributed by atoms with Crippen LogP contribution in [0.5, 0.6) is 0 Å².